The maximum absolute atomic E-state index is 5.67. The summed E-state index contributed by atoms with van der Waals surface area (Å²) >= 11 is 0. The molecule has 2 heteroatoms. The van der Waals surface area contributed by atoms with Gasteiger partial charge in [-0.2, -0.15) is 5.48 Å². The normalized spacial score (nSPS) is 16.9. The molecule has 2 nitrogen and oxygen atoms in total. The van der Waals surface area contributed by atoms with Gasteiger partial charge in [0.1, 0.15) is 0 Å². The summed E-state index contributed by atoms with van der Waals surface area (Å²) in [6.07, 6.45) is 5.48. The molecule has 0 aliphatic heterocycles. The van der Waals surface area contributed by atoms with E-state index in [1.807, 2.05) is 0 Å². The minimum atomic E-state index is 0.435. The first-order valence-electron chi connectivity index (χ1n) is 6.21. The van der Waals surface area contributed by atoms with E-state index in [9.17, 15) is 0 Å². The van der Waals surface area contributed by atoms with Crippen molar-refractivity contribution in [2.75, 3.05) is 0 Å². The molecular formula is C14H21NO. The Labute approximate surface area is 98.0 Å². The predicted octanol–water partition coefficient (Wildman–Crippen LogP) is 3.27. The number of aryl methyl sites for hydroxylation is 2. The van der Waals surface area contributed by atoms with Crippen molar-refractivity contribution in [2.45, 2.75) is 52.2 Å². The lowest BCUT2D eigenvalue weighted by Gasteiger charge is -2.14. The Bertz CT molecular complexity index is 322. The Morgan fingerprint density at radius 1 is 1.19 bits per heavy atom. The fraction of sp³-hybridized carbons (Fsp3) is 0.571. The summed E-state index contributed by atoms with van der Waals surface area (Å²) in [6, 6.07) is 6.41. The Hall–Kier alpha value is -0.860. The monoisotopic (exact) mass is 219 g/mol. The molecule has 0 amide bonds. The first kappa shape index (κ1) is 11.6. The van der Waals surface area contributed by atoms with Crippen LogP contribution in [-0.4, -0.2) is 6.10 Å². The molecule has 0 aromatic heterocycles. The number of rotatable bonds is 4. The third-order valence-electron chi connectivity index (χ3n) is 3.45. The van der Waals surface area contributed by atoms with Gasteiger partial charge in [0, 0.05) is 6.54 Å². The van der Waals surface area contributed by atoms with Crippen LogP contribution in [0.15, 0.2) is 18.2 Å². The predicted molar refractivity (Wildman–Crippen MR) is 66.1 cm³/mol. The Morgan fingerprint density at radius 3 is 2.44 bits per heavy atom. The molecule has 16 heavy (non-hydrogen) atoms. The number of hydrogen-bond donors (Lipinski definition) is 1. The van der Waals surface area contributed by atoms with Gasteiger partial charge in [0.15, 0.2) is 0 Å². The van der Waals surface area contributed by atoms with Crippen molar-refractivity contribution >= 4 is 0 Å². The van der Waals surface area contributed by atoms with Crippen LogP contribution in [0.3, 0.4) is 0 Å². The van der Waals surface area contributed by atoms with E-state index in [0.717, 1.165) is 6.54 Å². The topological polar surface area (TPSA) is 21.3 Å². The largest absolute Gasteiger partial charge is 0.298 e. The molecule has 1 aliphatic rings. The first-order chi connectivity index (χ1) is 7.77. The van der Waals surface area contributed by atoms with Gasteiger partial charge < -0.3 is 0 Å². The quantitative estimate of drug-likeness (QED) is 0.785. The van der Waals surface area contributed by atoms with Crippen LogP contribution < -0.4 is 5.48 Å². The summed E-state index contributed by atoms with van der Waals surface area (Å²) in [5.74, 6) is 0. The number of nitrogens with one attached hydrogen (secondary N) is 1. The molecule has 1 N–H and O–H groups in total. The van der Waals surface area contributed by atoms with E-state index in [1.165, 1.54) is 42.4 Å². The van der Waals surface area contributed by atoms with Crippen molar-refractivity contribution in [2.24, 2.45) is 0 Å². The molecule has 0 unspecified atom stereocenters. The molecule has 2 rings (SSSR count). The highest BCUT2D eigenvalue weighted by atomic mass is 16.7. The molecule has 0 atom stereocenters. The van der Waals surface area contributed by atoms with Gasteiger partial charge in [-0.05, 0) is 43.4 Å². The molecule has 0 spiro atoms. The average Bonchev–Trinajstić information content (AvgIpc) is 2.75. The van der Waals surface area contributed by atoms with E-state index in [-0.39, 0.29) is 0 Å². The molecule has 1 aromatic rings. The molecule has 1 fully saturated rings. The van der Waals surface area contributed by atoms with Gasteiger partial charge in [-0.1, -0.05) is 31.0 Å². The summed E-state index contributed by atoms with van der Waals surface area (Å²) in [5, 5.41) is 0. The van der Waals surface area contributed by atoms with Gasteiger partial charge in [-0.15, -0.1) is 0 Å². The van der Waals surface area contributed by atoms with E-state index in [1.54, 1.807) is 0 Å². The molecule has 1 aromatic carbocycles. The second-order valence-corrected chi connectivity index (χ2v) is 4.72. The minimum Gasteiger partial charge on any atom is -0.298 e. The number of hydroxylamine groups is 1. The van der Waals surface area contributed by atoms with E-state index >= 15 is 0 Å². The Morgan fingerprint density at radius 2 is 1.81 bits per heavy atom. The van der Waals surface area contributed by atoms with E-state index < -0.39 is 0 Å². The van der Waals surface area contributed by atoms with Crippen LogP contribution in [0.4, 0.5) is 0 Å². The maximum atomic E-state index is 5.67. The molecule has 0 bridgehead atoms. The van der Waals surface area contributed by atoms with Crippen molar-refractivity contribution < 1.29 is 4.84 Å². The summed E-state index contributed by atoms with van der Waals surface area (Å²) in [6.45, 7) is 5.12. The van der Waals surface area contributed by atoms with Crippen molar-refractivity contribution in [3.8, 4) is 0 Å². The fourth-order valence-corrected chi connectivity index (χ4v) is 2.37. The molecule has 0 saturated heterocycles. The maximum Gasteiger partial charge on any atom is 0.0790 e. The first-order valence-corrected chi connectivity index (χ1v) is 6.21. The van der Waals surface area contributed by atoms with Crippen LogP contribution in [0.25, 0.3) is 0 Å². The lowest BCUT2D eigenvalue weighted by atomic mass is 10.0. The van der Waals surface area contributed by atoms with Crippen molar-refractivity contribution in [3.05, 3.63) is 34.9 Å². The van der Waals surface area contributed by atoms with Crippen molar-refractivity contribution in [1.29, 1.82) is 0 Å². The summed E-state index contributed by atoms with van der Waals surface area (Å²) in [5.41, 5.74) is 7.16. The van der Waals surface area contributed by atoms with Crippen molar-refractivity contribution in [3.63, 3.8) is 0 Å². The second-order valence-electron chi connectivity index (χ2n) is 4.72. The second kappa shape index (κ2) is 5.46. The summed E-state index contributed by atoms with van der Waals surface area (Å²) in [7, 11) is 0. The SMILES string of the molecule is Cc1cccc(C)c1CNOC1CCCC1. The van der Waals surface area contributed by atoms with Gasteiger partial charge in [0.05, 0.1) is 6.10 Å². The minimum absolute atomic E-state index is 0.435. The summed E-state index contributed by atoms with van der Waals surface area (Å²) < 4.78 is 0. The highest BCUT2D eigenvalue weighted by Crippen LogP contribution is 2.20. The van der Waals surface area contributed by atoms with Gasteiger partial charge >= 0.3 is 0 Å². The standard InChI is InChI=1S/C14H21NO/c1-11-6-5-7-12(2)14(11)10-15-16-13-8-3-4-9-13/h5-7,13,15H,3-4,8-10H2,1-2H3. The zero-order valence-electron chi connectivity index (χ0n) is 10.3. The summed E-state index contributed by atoms with van der Waals surface area (Å²) in [4.78, 5) is 5.67. The highest BCUT2D eigenvalue weighted by Gasteiger charge is 2.15. The number of hydrogen-bond acceptors (Lipinski definition) is 2. The van der Waals surface area contributed by atoms with Crippen LogP contribution in [0.1, 0.15) is 42.4 Å². The third-order valence-corrected chi connectivity index (χ3v) is 3.45. The van der Waals surface area contributed by atoms with Crippen LogP contribution in [0.5, 0.6) is 0 Å². The lowest BCUT2D eigenvalue weighted by molar-refractivity contribution is -0.0245. The third kappa shape index (κ3) is 2.83. The zero-order chi connectivity index (χ0) is 11.4. The van der Waals surface area contributed by atoms with E-state index in [2.05, 4.69) is 37.5 Å². The van der Waals surface area contributed by atoms with Crippen LogP contribution in [0.2, 0.25) is 0 Å². The van der Waals surface area contributed by atoms with E-state index in [0.29, 0.717) is 6.10 Å². The van der Waals surface area contributed by atoms with Crippen LogP contribution >= 0.6 is 0 Å². The molecule has 1 saturated carbocycles. The molecule has 1 aliphatic carbocycles. The average molecular weight is 219 g/mol. The van der Waals surface area contributed by atoms with Gasteiger partial charge in [0.2, 0.25) is 0 Å². The molecule has 88 valence electrons. The Kier molecular flexibility index (Phi) is 3.97. The number of benzene rings is 1. The Balaban J connectivity index is 1.84. The van der Waals surface area contributed by atoms with Gasteiger partial charge in [-0.25, -0.2) is 0 Å². The molecule has 0 heterocycles. The fourth-order valence-electron chi connectivity index (χ4n) is 2.37. The highest BCUT2D eigenvalue weighted by molar-refractivity contribution is 5.33. The zero-order valence-corrected chi connectivity index (χ0v) is 10.3. The molecular weight excluding hydrogens is 198 g/mol. The van der Waals surface area contributed by atoms with Gasteiger partial charge in [-0.3, -0.25) is 4.84 Å². The van der Waals surface area contributed by atoms with Gasteiger partial charge in [0.25, 0.3) is 0 Å². The molecule has 0 radical (unpaired) electrons. The van der Waals surface area contributed by atoms with Crippen LogP contribution in [-0.2, 0) is 11.4 Å². The lowest BCUT2D eigenvalue weighted by Crippen LogP contribution is -2.22. The smallest absolute Gasteiger partial charge is 0.0790 e. The van der Waals surface area contributed by atoms with E-state index in [4.69, 9.17) is 4.84 Å². The van der Waals surface area contributed by atoms with Crippen LogP contribution in [0, 0.1) is 13.8 Å². The van der Waals surface area contributed by atoms with Crippen molar-refractivity contribution in [1.82, 2.24) is 5.48 Å².